The number of methoxy groups -OCH3 is 1. The van der Waals surface area contributed by atoms with Crippen LogP contribution in [0.1, 0.15) is 77.7 Å². The van der Waals surface area contributed by atoms with E-state index in [4.69, 9.17) is 14.2 Å². The first-order chi connectivity index (χ1) is 20.1. The molecule has 1 heterocycles. The van der Waals surface area contributed by atoms with E-state index in [1.807, 2.05) is 80.3 Å². The minimum atomic E-state index is -1.17. The van der Waals surface area contributed by atoms with E-state index in [1.54, 1.807) is 7.11 Å². The fourth-order valence-electron chi connectivity index (χ4n) is 6.36. The number of unbranched alkanes of at least 4 members (excludes halogenated alkanes) is 1. The maximum Gasteiger partial charge on any atom is 0.407 e. The number of likely N-dealkylation sites (tertiary alicyclic amines) is 1. The number of piperidine rings is 1. The van der Waals surface area contributed by atoms with Gasteiger partial charge in [0.1, 0.15) is 17.1 Å². The van der Waals surface area contributed by atoms with Crippen LogP contribution in [0.4, 0.5) is 4.79 Å². The first-order valence-electron chi connectivity index (χ1n) is 15.4. The van der Waals surface area contributed by atoms with Gasteiger partial charge in [0.15, 0.2) is 0 Å². The number of carbonyl (C=O) groups excluding carboxylic acids is 2. The zero-order chi connectivity index (χ0) is 30.2. The van der Waals surface area contributed by atoms with E-state index < -0.39 is 17.3 Å². The van der Waals surface area contributed by atoms with Crippen molar-refractivity contribution in [3.63, 3.8) is 0 Å². The van der Waals surface area contributed by atoms with Gasteiger partial charge in [-0.05, 0) is 90.3 Å². The number of alkyl carbamates (subject to hydrolysis) is 1. The van der Waals surface area contributed by atoms with Gasteiger partial charge in [0.2, 0.25) is 5.91 Å². The highest BCUT2D eigenvalue weighted by atomic mass is 16.6. The highest BCUT2D eigenvalue weighted by molar-refractivity contribution is 5.79. The molecule has 0 bridgehead atoms. The van der Waals surface area contributed by atoms with Gasteiger partial charge in [-0.2, -0.15) is 0 Å². The van der Waals surface area contributed by atoms with E-state index in [-0.39, 0.29) is 23.8 Å². The smallest absolute Gasteiger partial charge is 0.407 e. The Morgan fingerprint density at radius 2 is 1.74 bits per heavy atom. The van der Waals surface area contributed by atoms with Crippen molar-refractivity contribution in [3.05, 3.63) is 60.2 Å². The number of ether oxygens (including phenoxy) is 3. The second-order valence-electron chi connectivity index (χ2n) is 12.8. The Hall–Kier alpha value is -3.10. The summed E-state index contributed by atoms with van der Waals surface area (Å²) in [6.07, 6.45) is 5.46. The maximum absolute atomic E-state index is 13.7. The van der Waals surface area contributed by atoms with Gasteiger partial charge in [-0.1, -0.05) is 36.4 Å². The van der Waals surface area contributed by atoms with Crippen molar-refractivity contribution in [1.82, 2.24) is 10.2 Å². The Labute approximate surface area is 250 Å². The molecule has 4 rings (SSSR count). The lowest BCUT2D eigenvalue weighted by Crippen LogP contribution is -2.49. The van der Waals surface area contributed by atoms with Gasteiger partial charge in [0.05, 0.1) is 5.60 Å². The van der Waals surface area contributed by atoms with E-state index in [0.29, 0.717) is 44.0 Å². The normalized spacial score (nSPS) is 22.3. The molecule has 2 aliphatic rings. The van der Waals surface area contributed by atoms with E-state index >= 15 is 0 Å². The maximum atomic E-state index is 13.7. The average Bonchev–Trinajstić information content (AvgIpc) is 3.43. The molecule has 2 aromatic carbocycles. The number of hydrogen-bond acceptors (Lipinski definition) is 6. The molecule has 4 atom stereocenters. The van der Waals surface area contributed by atoms with Gasteiger partial charge in [0.25, 0.3) is 0 Å². The Morgan fingerprint density at radius 3 is 2.48 bits per heavy atom. The molecule has 230 valence electrons. The summed E-state index contributed by atoms with van der Waals surface area (Å²) in [5.74, 6) is 1.17. The number of carbonyl (C=O) groups is 2. The fraction of sp³-hybridized carbons (Fsp3) is 0.588. The Morgan fingerprint density at radius 1 is 1.00 bits per heavy atom. The van der Waals surface area contributed by atoms with Crippen LogP contribution in [0.15, 0.2) is 54.6 Å². The van der Waals surface area contributed by atoms with Gasteiger partial charge >= 0.3 is 6.09 Å². The molecule has 42 heavy (non-hydrogen) atoms. The fourth-order valence-corrected chi connectivity index (χ4v) is 6.36. The van der Waals surface area contributed by atoms with Crippen LogP contribution in [0.25, 0.3) is 0 Å². The van der Waals surface area contributed by atoms with E-state index in [9.17, 15) is 14.7 Å². The summed E-state index contributed by atoms with van der Waals surface area (Å²) < 4.78 is 17.0. The van der Waals surface area contributed by atoms with Crippen LogP contribution in [0, 0.1) is 11.8 Å². The molecular weight excluding hydrogens is 532 g/mol. The number of nitrogens with zero attached hydrogens (tertiary/aromatic N) is 1. The predicted octanol–water partition coefficient (Wildman–Crippen LogP) is 6.42. The quantitative estimate of drug-likeness (QED) is 0.298. The molecular formula is C34H48N2O6. The highest BCUT2D eigenvalue weighted by Gasteiger charge is 2.44. The molecule has 8 nitrogen and oxygen atoms in total. The van der Waals surface area contributed by atoms with Gasteiger partial charge in [-0.25, -0.2) is 4.79 Å². The summed E-state index contributed by atoms with van der Waals surface area (Å²) in [7, 11) is 1.69. The van der Waals surface area contributed by atoms with Crippen LogP contribution in [0.5, 0.6) is 11.5 Å². The van der Waals surface area contributed by atoms with Gasteiger partial charge in [-0.15, -0.1) is 0 Å². The lowest BCUT2D eigenvalue weighted by Gasteiger charge is -2.44. The summed E-state index contributed by atoms with van der Waals surface area (Å²) in [6, 6.07) is 17.3. The topological polar surface area (TPSA) is 97.3 Å². The monoisotopic (exact) mass is 580 g/mol. The second-order valence-corrected chi connectivity index (χ2v) is 12.8. The van der Waals surface area contributed by atoms with Crippen LogP contribution in [0.3, 0.4) is 0 Å². The molecule has 1 saturated heterocycles. The molecule has 8 heteroatoms. The van der Waals surface area contributed by atoms with Gasteiger partial charge in [0, 0.05) is 50.2 Å². The zero-order valence-corrected chi connectivity index (χ0v) is 25.6. The standard InChI is InChI=1S/C34H48N2O6/c1-33(2,3)42-32(38)35-27-19-18-25(23-27)31(37)36-21-12-13-26(24-36)34(39,20-10-11-22-40-4)29-16-8-9-17-30(29)41-28-14-6-5-7-15-28/h5-9,14-17,25-27,39H,10-13,18-24H2,1-4H3,(H,35,38)/t25-,26?,27+,34+/m1/s1. The largest absolute Gasteiger partial charge is 0.457 e. The lowest BCUT2D eigenvalue weighted by atomic mass is 9.73. The zero-order valence-electron chi connectivity index (χ0n) is 25.6. The highest BCUT2D eigenvalue weighted by Crippen LogP contribution is 2.44. The molecule has 2 N–H and O–H groups in total. The first-order valence-corrected chi connectivity index (χ1v) is 15.4. The third-order valence-corrected chi connectivity index (χ3v) is 8.39. The summed E-state index contributed by atoms with van der Waals surface area (Å²) in [6.45, 7) is 7.31. The minimum absolute atomic E-state index is 0.0749. The van der Waals surface area contributed by atoms with Crippen molar-refractivity contribution in [2.24, 2.45) is 11.8 Å². The summed E-state index contributed by atoms with van der Waals surface area (Å²) in [5, 5.41) is 15.5. The number of nitrogens with one attached hydrogen (secondary N) is 1. The third kappa shape index (κ3) is 8.48. The van der Waals surface area contributed by atoms with Crippen molar-refractivity contribution < 1.29 is 28.9 Å². The molecule has 1 saturated carbocycles. The molecule has 2 aromatic rings. The van der Waals surface area contributed by atoms with E-state index in [0.717, 1.165) is 44.1 Å². The Kier molecular flexibility index (Phi) is 10.9. The minimum Gasteiger partial charge on any atom is -0.457 e. The average molecular weight is 581 g/mol. The Bertz CT molecular complexity index is 1170. The van der Waals surface area contributed by atoms with Crippen LogP contribution in [-0.4, -0.2) is 60.5 Å². The molecule has 1 aliphatic carbocycles. The predicted molar refractivity (Wildman–Crippen MR) is 162 cm³/mol. The molecule has 2 amide bonds. The summed E-state index contributed by atoms with van der Waals surface area (Å²) in [5.41, 5.74) is -0.978. The summed E-state index contributed by atoms with van der Waals surface area (Å²) >= 11 is 0. The number of para-hydroxylation sites is 2. The Balaban J connectivity index is 1.49. The molecule has 1 unspecified atom stereocenters. The van der Waals surface area contributed by atoms with Crippen molar-refractivity contribution in [1.29, 1.82) is 0 Å². The van der Waals surface area contributed by atoms with Crippen molar-refractivity contribution in [2.45, 2.75) is 89.4 Å². The summed E-state index contributed by atoms with van der Waals surface area (Å²) in [4.78, 5) is 28.0. The number of rotatable bonds is 11. The number of hydrogen-bond donors (Lipinski definition) is 2. The van der Waals surface area contributed by atoms with Crippen molar-refractivity contribution in [3.8, 4) is 11.5 Å². The van der Waals surface area contributed by atoms with Gasteiger partial charge < -0.3 is 29.5 Å². The molecule has 0 spiro atoms. The van der Waals surface area contributed by atoms with Crippen LogP contribution < -0.4 is 10.1 Å². The molecule has 1 aliphatic heterocycles. The van der Waals surface area contributed by atoms with Crippen LogP contribution in [0.2, 0.25) is 0 Å². The molecule has 0 radical (unpaired) electrons. The first kappa shape index (κ1) is 31.8. The molecule has 0 aromatic heterocycles. The second kappa shape index (κ2) is 14.4. The third-order valence-electron chi connectivity index (χ3n) is 8.39. The SMILES string of the molecule is COCCCC[C@@](O)(c1ccccc1Oc1ccccc1)C1CCCN(C(=O)[C@@H]2CC[C@H](NC(=O)OC(C)(C)C)C2)C1. The lowest BCUT2D eigenvalue weighted by molar-refractivity contribution is -0.141. The van der Waals surface area contributed by atoms with Crippen molar-refractivity contribution in [2.75, 3.05) is 26.8 Å². The number of aliphatic hydroxyl groups is 1. The van der Waals surface area contributed by atoms with Crippen LogP contribution in [-0.2, 0) is 19.9 Å². The number of amides is 2. The number of benzene rings is 2. The van der Waals surface area contributed by atoms with Crippen molar-refractivity contribution >= 4 is 12.0 Å². The van der Waals surface area contributed by atoms with Crippen LogP contribution >= 0.6 is 0 Å². The molecule has 2 fully saturated rings. The van der Waals surface area contributed by atoms with E-state index in [2.05, 4.69) is 5.32 Å². The van der Waals surface area contributed by atoms with Gasteiger partial charge in [-0.3, -0.25) is 4.79 Å². The van der Waals surface area contributed by atoms with E-state index in [1.165, 1.54) is 0 Å².